The van der Waals surface area contributed by atoms with E-state index in [2.05, 4.69) is 10.1 Å². The van der Waals surface area contributed by atoms with Crippen LogP contribution in [0.1, 0.15) is 19.4 Å². The fraction of sp³-hybridized carbons (Fsp3) is 0.462. The molecule has 0 aliphatic carbocycles. The van der Waals surface area contributed by atoms with E-state index in [9.17, 15) is 13.6 Å². The molecule has 0 amide bonds. The number of hydrogen-bond donors (Lipinski definition) is 1. The van der Waals surface area contributed by atoms with Crippen molar-refractivity contribution in [3.05, 3.63) is 29.8 Å². The molecule has 0 radical (unpaired) electrons. The fourth-order valence-electron chi connectivity index (χ4n) is 1.83. The van der Waals surface area contributed by atoms with Crippen LogP contribution in [0.3, 0.4) is 0 Å². The van der Waals surface area contributed by atoms with Gasteiger partial charge in [-0.25, -0.2) is 4.79 Å². The van der Waals surface area contributed by atoms with Crippen molar-refractivity contribution in [2.75, 3.05) is 13.7 Å². The molecule has 19 heavy (non-hydrogen) atoms. The predicted molar refractivity (Wildman–Crippen MR) is 66.1 cm³/mol. The average Bonchev–Trinajstić information content (AvgIpc) is 2.37. The number of carbonyl (C=O) groups excluding carboxylic acids is 1. The largest absolute Gasteiger partial charge is 0.467 e. The third-order valence-corrected chi connectivity index (χ3v) is 2.76. The summed E-state index contributed by atoms with van der Waals surface area (Å²) in [5.41, 5.74) is -0.607. The number of halogens is 2. The van der Waals surface area contributed by atoms with E-state index in [-0.39, 0.29) is 5.75 Å². The Bertz CT molecular complexity index is 440. The summed E-state index contributed by atoms with van der Waals surface area (Å²) in [4.78, 5) is 11.9. The lowest BCUT2D eigenvalue weighted by Gasteiger charge is -2.28. The Balaban J connectivity index is 3.12. The number of esters is 1. The molecule has 0 bridgehead atoms. The van der Waals surface area contributed by atoms with E-state index in [0.717, 1.165) is 0 Å². The van der Waals surface area contributed by atoms with Crippen molar-refractivity contribution < 1.29 is 23.0 Å². The number of methoxy groups -OCH3 is 1. The van der Waals surface area contributed by atoms with Crippen LogP contribution in [0.5, 0.6) is 5.75 Å². The summed E-state index contributed by atoms with van der Waals surface area (Å²) in [7, 11) is 1.28. The van der Waals surface area contributed by atoms with Gasteiger partial charge in [0.2, 0.25) is 0 Å². The van der Waals surface area contributed by atoms with Crippen molar-refractivity contribution in [1.82, 2.24) is 5.32 Å². The number of alkyl halides is 2. The molecule has 0 aliphatic heterocycles. The van der Waals surface area contributed by atoms with Gasteiger partial charge in [-0.2, -0.15) is 8.78 Å². The molecule has 4 nitrogen and oxygen atoms in total. The monoisotopic (exact) mass is 273 g/mol. The minimum atomic E-state index is -2.90. The summed E-state index contributed by atoms with van der Waals surface area (Å²) < 4.78 is 33.5. The van der Waals surface area contributed by atoms with Crippen molar-refractivity contribution >= 4 is 5.97 Å². The van der Waals surface area contributed by atoms with E-state index in [1.807, 2.05) is 6.92 Å². The summed E-state index contributed by atoms with van der Waals surface area (Å²) in [6.07, 6.45) is 0. The summed E-state index contributed by atoms with van der Waals surface area (Å²) in [6, 6.07) is 5.99. The maximum atomic E-state index is 12.2. The number of ether oxygens (including phenoxy) is 2. The lowest BCUT2D eigenvalue weighted by molar-refractivity contribution is -0.148. The van der Waals surface area contributed by atoms with Gasteiger partial charge in [-0.3, -0.25) is 5.32 Å². The molecule has 1 atom stereocenters. The Morgan fingerprint density at radius 1 is 1.47 bits per heavy atom. The highest BCUT2D eigenvalue weighted by Gasteiger charge is 2.35. The van der Waals surface area contributed by atoms with Gasteiger partial charge in [0.25, 0.3) is 0 Å². The van der Waals surface area contributed by atoms with Crippen LogP contribution in [0.25, 0.3) is 0 Å². The number of benzene rings is 1. The normalized spacial score (nSPS) is 14.0. The molecular formula is C13H17F2NO3. The topological polar surface area (TPSA) is 47.6 Å². The average molecular weight is 273 g/mol. The Hall–Kier alpha value is -1.69. The quantitative estimate of drug-likeness (QED) is 0.808. The molecule has 0 saturated heterocycles. The number of nitrogens with one attached hydrogen (secondary N) is 1. The second-order valence-electron chi connectivity index (χ2n) is 4.05. The van der Waals surface area contributed by atoms with Crippen LogP contribution in [0.15, 0.2) is 24.3 Å². The molecule has 1 rings (SSSR count). The second kappa shape index (κ2) is 6.47. The first-order chi connectivity index (χ1) is 8.93. The smallest absolute Gasteiger partial charge is 0.387 e. The standard InChI is InChI=1S/C13H17F2NO3/c1-4-16-13(2,11(17)18-3)9-6-5-7-10(8-9)19-12(14)15/h5-8,12,16H,4H2,1-3H3. The first-order valence-corrected chi connectivity index (χ1v) is 5.82. The molecule has 1 N–H and O–H groups in total. The maximum absolute atomic E-state index is 12.2. The van der Waals surface area contributed by atoms with Crippen LogP contribution in [-0.4, -0.2) is 26.2 Å². The van der Waals surface area contributed by atoms with Crippen molar-refractivity contribution in [3.8, 4) is 5.75 Å². The lowest BCUT2D eigenvalue weighted by Crippen LogP contribution is -2.47. The lowest BCUT2D eigenvalue weighted by atomic mass is 9.92. The summed E-state index contributed by atoms with van der Waals surface area (Å²) in [5, 5.41) is 2.99. The van der Waals surface area contributed by atoms with Gasteiger partial charge < -0.3 is 9.47 Å². The number of hydrogen-bond acceptors (Lipinski definition) is 4. The summed E-state index contributed by atoms with van der Waals surface area (Å²) >= 11 is 0. The minimum absolute atomic E-state index is 0.000492. The highest BCUT2D eigenvalue weighted by molar-refractivity contribution is 5.82. The van der Waals surface area contributed by atoms with Crippen LogP contribution >= 0.6 is 0 Å². The zero-order valence-corrected chi connectivity index (χ0v) is 11.1. The number of likely N-dealkylation sites (N-methyl/N-ethyl adjacent to an activating group) is 1. The van der Waals surface area contributed by atoms with Crippen molar-refractivity contribution in [1.29, 1.82) is 0 Å². The van der Waals surface area contributed by atoms with E-state index < -0.39 is 18.1 Å². The number of rotatable bonds is 6. The minimum Gasteiger partial charge on any atom is -0.467 e. The first kappa shape index (κ1) is 15.4. The van der Waals surface area contributed by atoms with Gasteiger partial charge >= 0.3 is 12.6 Å². The first-order valence-electron chi connectivity index (χ1n) is 5.82. The van der Waals surface area contributed by atoms with Gasteiger partial charge in [0.05, 0.1) is 7.11 Å². The summed E-state index contributed by atoms with van der Waals surface area (Å²) in [6.45, 7) is 1.08. The Morgan fingerprint density at radius 3 is 2.68 bits per heavy atom. The molecule has 0 aliphatic rings. The van der Waals surface area contributed by atoms with Crippen molar-refractivity contribution in [2.45, 2.75) is 26.0 Å². The molecule has 1 aromatic carbocycles. The predicted octanol–water partition coefficient (Wildman–Crippen LogP) is 2.29. The SMILES string of the molecule is CCNC(C)(C(=O)OC)c1cccc(OC(F)F)c1. The molecule has 106 valence electrons. The van der Waals surface area contributed by atoms with E-state index >= 15 is 0 Å². The summed E-state index contributed by atoms with van der Waals surface area (Å²) in [5.74, 6) is -0.496. The van der Waals surface area contributed by atoms with E-state index in [4.69, 9.17) is 4.74 Å². The Labute approximate surface area is 110 Å². The van der Waals surface area contributed by atoms with E-state index in [1.54, 1.807) is 19.1 Å². The van der Waals surface area contributed by atoms with Gasteiger partial charge in [-0.15, -0.1) is 0 Å². The molecular weight excluding hydrogens is 256 g/mol. The molecule has 0 fully saturated rings. The third-order valence-electron chi connectivity index (χ3n) is 2.76. The van der Waals surface area contributed by atoms with Crippen LogP contribution < -0.4 is 10.1 Å². The molecule has 0 heterocycles. The molecule has 1 unspecified atom stereocenters. The number of carbonyl (C=O) groups is 1. The van der Waals surface area contributed by atoms with Gasteiger partial charge in [0.15, 0.2) is 0 Å². The Kier molecular flexibility index (Phi) is 5.23. The Morgan fingerprint density at radius 2 is 2.16 bits per heavy atom. The highest BCUT2D eigenvalue weighted by atomic mass is 19.3. The third kappa shape index (κ3) is 3.64. The molecule has 0 spiro atoms. The van der Waals surface area contributed by atoms with E-state index in [0.29, 0.717) is 12.1 Å². The van der Waals surface area contributed by atoms with Crippen molar-refractivity contribution in [2.24, 2.45) is 0 Å². The van der Waals surface area contributed by atoms with Crippen molar-refractivity contribution in [3.63, 3.8) is 0 Å². The van der Waals surface area contributed by atoms with Gasteiger partial charge in [-0.1, -0.05) is 19.1 Å². The molecule has 0 saturated carbocycles. The van der Waals surface area contributed by atoms with Gasteiger partial charge in [0, 0.05) is 0 Å². The van der Waals surface area contributed by atoms with Crippen LogP contribution in [0, 0.1) is 0 Å². The van der Waals surface area contributed by atoms with Crippen LogP contribution in [0.4, 0.5) is 8.78 Å². The highest BCUT2D eigenvalue weighted by Crippen LogP contribution is 2.26. The van der Waals surface area contributed by atoms with Gasteiger partial charge in [0.1, 0.15) is 11.3 Å². The second-order valence-corrected chi connectivity index (χ2v) is 4.05. The molecule has 0 aromatic heterocycles. The van der Waals surface area contributed by atoms with Crippen LogP contribution in [0.2, 0.25) is 0 Å². The van der Waals surface area contributed by atoms with Gasteiger partial charge in [-0.05, 0) is 31.2 Å². The maximum Gasteiger partial charge on any atom is 0.387 e. The van der Waals surface area contributed by atoms with E-state index in [1.165, 1.54) is 19.2 Å². The fourth-order valence-corrected chi connectivity index (χ4v) is 1.83. The molecule has 6 heteroatoms. The zero-order chi connectivity index (χ0) is 14.5. The molecule has 1 aromatic rings. The van der Waals surface area contributed by atoms with Crippen LogP contribution in [-0.2, 0) is 15.1 Å². The zero-order valence-electron chi connectivity index (χ0n) is 11.1.